The van der Waals surface area contributed by atoms with Crippen LogP contribution in [0.3, 0.4) is 0 Å². The molecule has 1 heterocycles. The van der Waals surface area contributed by atoms with Crippen LogP contribution in [0.25, 0.3) is 0 Å². The number of halogens is 3. The Labute approximate surface area is 75.9 Å². The van der Waals surface area contributed by atoms with E-state index in [2.05, 4.69) is 4.98 Å². The van der Waals surface area contributed by atoms with Gasteiger partial charge in [-0.1, -0.05) is 0 Å². The van der Waals surface area contributed by atoms with Crippen molar-refractivity contribution >= 4 is 28.4 Å². The van der Waals surface area contributed by atoms with E-state index in [1.54, 1.807) is 22.6 Å². The largest absolute Gasteiger partial charge is 0.384 e. The van der Waals surface area contributed by atoms with Crippen LogP contribution in [0.1, 0.15) is 12.0 Å². The summed E-state index contributed by atoms with van der Waals surface area (Å²) in [6, 6.07) is 1.42. The lowest BCUT2D eigenvalue weighted by atomic mass is 10.3. The van der Waals surface area contributed by atoms with Gasteiger partial charge < -0.3 is 5.73 Å². The number of nitrogens with two attached hydrogens (primary N) is 1. The van der Waals surface area contributed by atoms with Gasteiger partial charge in [0.05, 0.1) is 0 Å². The van der Waals surface area contributed by atoms with Crippen molar-refractivity contribution in [3.8, 4) is 0 Å². The van der Waals surface area contributed by atoms with Gasteiger partial charge >= 0.3 is 0 Å². The van der Waals surface area contributed by atoms with Crippen LogP contribution in [0.15, 0.2) is 12.3 Å². The van der Waals surface area contributed by atoms with Gasteiger partial charge in [-0.05, 0) is 28.7 Å². The summed E-state index contributed by atoms with van der Waals surface area (Å²) in [6.07, 6.45) is -1.38. The Morgan fingerprint density at radius 3 is 2.64 bits per heavy atom. The second kappa shape index (κ2) is 3.29. The van der Waals surface area contributed by atoms with Crippen molar-refractivity contribution in [3.05, 3.63) is 21.4 Å². The molecule has 0 aliphatic heterocycles. The number of pyridine rings is 1. The molecular weight excluding hydrogens is 265 g/mol. The van der Waals surface area contributed by atoms with Crippen molar-refractivity contribution in [2.45, 2.75) is 6.43 Å². The summed E-state index contributed by atoms with van der Waals surface area (Å²) in [5.41, 5.74) is 5.20. The van der Waals surface area contributed by atoms with Gasteiger partial charge in [-0.3, -0.25) is 0 Å². The Hall–Kier alpha value is -0.460. The summed E-state index contributed by atoms with van der Waals surface area (Å²) in [4.78, 5) is 3.55. The molecular formula is C6H5F2IN2. The molecule has 0 aliphatic carbocycles. The third kappa shape index (κ3) is 1.98. The summed E-state index contributed by atoms with van der Waals surface area (Å²) >= 11 is 1.80. The average molecular weight is 270 g/mol. The topological polar surface area (TPSA) is 38.9 Å². The van der Waals surface area contributed by atoms with E-state index in [-0.39, 0.29) is 11.4 Å². The molecule has 0 unspecified atom stereocenters. The van der Waals surface area contributed by atoms with E-state index in [0.29, 0.717) is 3.57 Å². The maximum absolute atomic E-state index is 12.1. The first-order valence-electron chi connectivity index (χ1n) is 2.80. The van der Waals surface area contributed by atoms with Gasteiger partial charge in [-0.15, -0.1) is 0 Å². The van der Waals surface area contributed by atoms with Gasteiger partial charge in [0.2, 0.25) is 0 Å². The molecule has 1 aromatic heterocycles. The standard InChI is InChI=1S/C6H5F2IN2/c7-6(8)3-2-11-5(10)1-4(3)9/h1-2,6H,(H2,10,11). The molecule has 0 atom stereocenters. The van der Waals surface area contributed by atoms with Crippen LogP contribution >= 0.6 is 22.6 Å². The van der Waals surface area contributed by atoms with Crippen molar-refractivity contribution in [2.75, 3.05) is 5.73 Å². The summed E-state index contributed by atoms with van der Waals surface area (Å²) in [5, 5.41) is 0. The van der Waals surface area contributed by atoms with Gasteiger partial charge in [0.1, 0.15) is 5.82 Å². The molecule has 0 amide bonds. The van der Waals surface area contributed by atoms with Crippen molar-refractivity contribution in [3.63, 3.8) is 0 Å². The minimum absolute atomic E-state index is 0.0696. The van der Waals surface area contributed by atoms with Crippen LogP contribution in [-0.2, 0) is 0 Å². The molecule has 11 heavy (non-hydrogen) atoms. The van der Waals surface area contributed by atoms with Gasteiger partial charge in [0, 0.05) is 15.3 Å². The van der Waals surface area contributed by atoms with Crippen LogP contribution in [0.4, 0.5) is 14.6 Å². The van der Waals surface area contributed by atoms with Crippen LogP contribution in [-0.4, -0.2) is 4.98 Å². The third-order valence-electron chi connectivity index (χ3n) is 1.14. The van der Waals surface area contributed by atoms with E-state index in [1.165, 1.54) is 6.07 Å². The monoisotopic (exact) mass is 270 g/mol. The number of nitrogen functional groups attached to an aromatic ring is 1. The molecule has 2 nitrogen and oxygen atoms in total. The number of rotatable bonds is 1. The molecule has 0 radical (unpaired) electrons. The van der Waals surface area contributed by atoms with E-state index in [1.807, 2.05) is 0 Å². The van der Waals surface area contributed by atoms with Crippen molar-refractivity contribution < 1.29 is 8.78 Å². The first kappa shape index (κ1) is 8.63. The molecule has 0 bridgehead atoms. The summed E-state index contributed by atoms with van der Waals surface area (Å²) in [5.74, 6) is 0.263. The van der Waals surface area contributed by atoms with Gasteiger partial charge in [0.15, 0.2) is 0 Å². The maximum Gasteiger partial charge on any atom is 0.266 e. The normalized spacial score (nSPS) is 10.5. The van der Waals surface area contributed by atoms with E-state index >= 15 is 0 Å². The lowest BCUT2D eigenvalue weighted by Gasteiger charge is -2.01. The molecule has 0 saturated carbocycles. The molecule has 0 spiro atoms. The van der Waals surface area contributed by atoms with E-state index in [0.717, 1.165) is 6.20 Å². The highest BCUT2D eigenvalue weighted by molar-refractivity contribution is 14.1. The minimum atomic E-state index is -2.48. The number of alkyl halides is 2. The highest BCUT2D eigenvalue weighted by Crippen LogP contribution is 2.24. The van der Waals surface area contributed by atoms with Crippen molar-refractivity contribution in [1.82, 2.24) is 4.98 Å². The maximum atomic E-state index is 12.1. The lowest BCUT2D eigenvalue weighted by molar-refractivity contribution is 0.150. The highest BCUT2D eigenvalue weighted by atomic mass is 127. The van der Waals surface area contributed by atoms with Gasteiger partial charge in [-0.25, -0.2) is 13.8 Å². The number of hydrogen-bond donors (Lipinski definition) is 1. The molecule has 5 heteroatoms. The SMILES string of the molecule is Nc1cc(I)c(C(F)F)cn1. The Morgan fingerprint density at radius 1 is 1.55 bits per heavy atom. The zero-order valence-corrected chi connectivity index (χ0v) is 7.55. The molecule has 60 valence electrons. The predicted molar refractivity (Wildman–Crippen MR) is 46.3 cm³/mol. The van der Waals surface area contributed by atoms with Gasteiger partial charge in [-0.2, -0.15) is 0 Å². The fraction of sp³-hybridized carbons (Fsp3) is 0.167. The fourth-order valence-corrected chi connectivity index (χ4v) is 1.31. The fourth-order valence-electron chi connectivity index (χ4n) is 0.617. The molecule has 0 fully saturated rings. The second-order valence-electron chi connectivity index (χ2n) is 1.93. The number of hydrogen-bond acceptors (Lipinski definition) is 2. The van der Waals surface area contributed by atoms with Crippen LogP contribution < -0.4 is 5.73 Å². The molecule has 0 saturated heterocycles. The zero-order valence-electron chi connectivity index (χ0n) is 5.39. The average Bonchev–Trinajstić information content (AvgIpc) is 1.85. The van der Waals surface area contributed by atoms with Crippen LogP contribution in [0.2, 0.25) is 0 Å². The number of nitrogens with zero attached hydrogens (tertiary/aromatic N) is 1. The first-order valence-corrected chi connectivity index (χ1v) is 3.88. The molecule has 1 rings (SSSR count). The molecule has 0 aliphatic rings. The molecule has 2 N–H and O–H groups in total. The highest BCUT2D eigenvalue weighted by Gasteiger charge is 2.11. The summed E-state index contributed by atoms with van der Waals surface area (Å²) in [7, 11) is 0. The van der Waals surface area contributed by atoms with Crippen molar-refractivity contribution in [2.24, 2.45) is 0 Å². The Bertz CT molecular complexity index is 265. The van der Waals surface area contributed by atoms with E-state index < -0.39 is 6.43 Å². The summed E-state index contributed by atoms with van der Waals surface area (Å²) in [6.45, 7) is 0. The van der Waals surface area contributed by atoms with E-state index in [4.69, 9.17) is 5.73 Å². The van der Waals surface area contributed by atoms with Crippen LogP contribution in [0, 0.1) is 3.57 Å². The Morgan fingerprint density at radius 2 is 2.18 bits per heavy atom. The van der Waals surface area contributed by atoms with Crippen molar-refractivity contribution in [1.29, 1.82) is 0 Å². The van der Waals surface area contributed by atoms with E-state index in [9.17, 15) is 8.78 Å². The Kier molecular flexibility index (Phi) is 2.58. The van der Waals surface area contributed by atoms with Gasteiger partial charge in [0.25, 0.3) is 6.43 Å². The second-order valence-corrected chi connectivity index (χ2v) is 3.09. The molecule has 1 aromatic rings. The zero-order chi connectivity index (χ0) is 8.43. The first-order chi connectivity index (χ1) is 5.11. The number of anilines is 1. The molecule has 0 aromatic carbocycles. The summed E-state index contributed by atoms with van der Waals surface area (Å²) < 4.78 is 24.6. The lowest BCUT2D eigenvalue weighted by Crippen LogP contribution is -1.95. The number of aromatic nitrogens is 1. The Balaban J connectivity index is 3.09. The smallest absolute Gasteiger partial charge is 0.266 e. The predicted octanol–water partition coefficient (Wildman–Crippen LogP) is 2.21. The quantitative estimate of drug-likeness (QED) is 0.794. The van der Waals surface area contributed by atoms with Crippen LogP contribution in [0.5, 0.6) is 0 Å². The minimum Gasteiger partial charge on any atom is -0.384 e. The third-order valence-corrected chi connectivity index (χ3v) is 2.07.